The predicted octanol–water partition coefficient (Wildman–Crippen LogP) is 2.75. The van der Waals surface area contributed by atoms with Gasteiger partial charge in [-0.25, -0.2) is 0 Å². The van der Waals surface area contributed by atoms with Gasteiger partial charge >= 0.3 is 0 Å². The molecule has 2 N–H and O–H groups in total. The molecule has 0 radical (unpaired) electrons. The highest BCUT2D eigenvalue weighted by molar-refractivity contribution is 7.71. The normalized spacial score (nSPS) is 17.5. The van der Waals surface area contributed by atoms with Crippen LogP contribution < -0.4 is 5.56 Å². The van der Waals surface area contributed by atoms with Crippen molar-refractivity contribution in [1.29, 1.82) is 0 Å². The number of hydrogen-bond acceptors (Lipinski definition) is 6. The molecule has 1 atom stereocenters. The van der Waals surface area contributed by atoms with E-state index in [1.807, 2.05) is 23.3 Å². The molecule has 0 aromatic carbocycles. The van der Waals surface area contributed by atoms with Gasteiger partial charge in [-0.3, -0.25) is 24.3 Å². The minimum absolute atomic E-state index is 0.0796. The van der Waals surface area contributed by atoms with Crippen molar-refractivity contribution in [2.24, 2.45) is 5.10 Å². The van der Waals surface area contributed by atoms with Gasteiger partial charge in [-0.2, -0.15) is 5.10 Å². The standard InChI is InChI=1S/C18H21N5O2S/c1-2-9-22-17(25)14(16(24)21-18(22)26)12-20-23-10-4-3-7-15(23)13-6-5-8-19-11-13/h2,5-6,8,11-12,15,25H,1,3-4,7,9-10H2,(H,21,24,26). The molecule has 2 aromatic heterocycles. The first-order valence-corrected chi connectivity index (χ1v) is 8.90. The van der Waals surface area contributed by atoms with Crippen molar-refractivity contribution >= 4 is 18.4 Å². The monoisotopic (exact) mass is 371 g/mol. The van der Waals surface area contributed by atoms with Crippen LogP contribution in [0.4, 0.5) is 0 Å². The van der Waals surface area contributed by atoms with E-state index in [1.165, 1.54) is 10.8 Å². The van der Waals surface area contributed by atoms with E-state index in [-0.39, 0.29) is 22.3 Å². The molecule has 1 fully saturated rings. The molecule has 8 heteroatoms. The molecule has 3 heterocycles. The maximum Gasteiger partial charge on any atom is 0.264 e. The highest BCUT2D eigenvalue weighted by atomic mass is 32.1. The first-order valence-electron chi connectivity index (χ1n) is 8.49. The molecule has 3 rings (SSSR count). The summed E-state index contributed by atoms with van der Waals surface area (Å²) >= 11 is 5.08. The molecule has 1 unspecified atom stereocenters. The van der Waals surface area contributed by atoms with Gasteiger partial charge in [0.1, 0.15) is 5.56 Å². The van der Waals surface area contributed by atoms with E-state index < -0.39 is 5.56 Å². The van der Waals surface area contributed by atoms with Crippen LogP contribution in [0.25, 0.3) is 0 Å². The van der Waals surface area contributed by atoms with E-state index >= 15 is 0 Å². The number of aromatic amines is 1. The van der Waals surface area contributed by atoms with Crippen LogP contribution in [-0.2, 0) is 6.54 Å². The average molecular weight is 371 g/mol. The molecule has 1 saturated heterocycles. The van der Waals surface area contributed by atoms with Gasteiger partial charge in [-0.05, 0) is 43.1 Å². The summed E-state index contributed by atoms with van der Waals surface area (Å²) in [6.45, 7) is 4.71. The number of nitrogens with zero attached hydrogens (tertiary/aromatic N) is 4. The number of pyridine rings is 1. The zero-order chi connectivity index (χ0) is 18.5. The number of aromatic hydroxyl groups is 1. The Morgan fingerprint density at radius 2 is 2.35 bits per heavy atom. The molecule has 1 aliphatic heterocycles. The minimum atomic E-state index is -0.466. The fraction of sp³-hybridized carbons (Fsp3) is 0.333. The summed E-state index contributed by atoms with van der Waals surface area (Å²) in [5.74, 6) is -0.211. The Morgan fingerprint density at radius 3 is 3.08 bits per heavy atom. The lowest BCUT2D eigenvalue weighted by Gasteiger charge is -2.33. The van der Waals surface area contributed by atoms with Crippen molar-refractivity contribution in [3.8, 4) is 5.88 Å². The van der Waals surface area contributed by atoms with Gasteiger partial charge in [-0.1, -0.05) is 12.1 Å². The van der Waals surface area contributed by atoms with Crippen molar-refractivity contribution in [1.82, 2.24) is 19.5 Å². The molecule has 7 nitrogen and oxygen atoms in total. The van der Waals surface area contributed by atoms with Crippen molar-refractivity contribution < 1.29 is 5.11 Å². The number of allylic oxidation sites excluding steroid dienone is 1. The van der Waals surface area contributed by atoms with Gasteiger partial charge in [0.05, 0.1) is 12.3 Å². The van der Waals surface area contributed by atoms with Crippen molar-refractivity contribution in [3.63, 3.8) is 0 Å². The van der Waals surface area contributed by atoms with Crippen LogP contribution in [0.5, 0.6) is 5.88 Å². The van der Waals surface area contributed by atoms with E-state index in [1.54, 1.807) is 12.3 Å². The molecule has 0 saturated carbocycles. The zero-order valence-electron chi connectivity index (χ0n) is 14.3. The summed E-state index contributed by atoms with van der Waals surface area (Å²) in [7, 11) is 0. The number of hydrogen-bond donors (Lipinski definition) is 2. The molecule has 0 aliphatic carbocycles. The Hall–Kier alpha value is -2.74. The lowest BCUT2D eigenvalue weighted by Crippen LogP contribution is -2.29. The first-order chi connectivity index (χ1) is 12.6. The molecule has 1 aliphatic rings. The van der Waals surface area contributed by atoms with Crippen LogP contribution in [0.1, 0.15) is 36.4 Å². The third-order valence-corrected chi connectivity index (χ3v) is 4.72. The SMILES string of the molecule is C=CCn1c(O)c(C=NN2CCCCC2c2cccnc2)c(=O)[nH]c1=S. The average Bonchev–Trinajstić information content (AvgIpc) is 2.66. The van der Waals surface area contributed by atoms with Gasteiger partial charge in [0.15, 0.2) is 4.77 Å². The van der Waals surface area contributed by atoms with Crippen molar-refractivity contribution in [3.05, 3.63) is 63.4 Å². The first kappa shape index (κ1) is 18.1. The van der Waals surface area contributed by atoms with E-state index in [0.717, 1.165) is 31.4 Å². The second-order valence-corrected chi connectivity index (χ2v) is 6.49. The van der Waals surface area contributed by atoms with Gasteiger partial charge in [0.2, 0.25) is 5.88 Å². The van der Waals surface area contributed by atoms with Crippen molar-refractivity contribution in [2.45, 2.75) is 31.8 Å². The second kappa shape index (κ2) is 8.09. The Kier molecular flexibility index (Phi) is 5.62. The molecule has 26 heavy (non-hydrogen) atoms. The summed E-state index contributed by atoms with van der Waals surface area (Å²) in [6, 6.07) is 4.04. The number of H-pyrrole nitrogens is 1. The number of hydrazone groups is 1. The quantitative estimate of drug-likeness (QED) is 0.479. The summed E-state index contributed by atoms with van der Waals surface area (Å²) in [5.41, 5.74) is 0.701. The maximum atomic E-state index is 12.2. The lowest BCUT2D eigenvalue weighted by molar-refractivity contribution is 0.156. The summed E-state index contributed by atoms with van der Waals surface area (Å²) in [5, 5.41) is 16.8. The Labute approximate surface area is 156 Å². The largest absolute Gasteiger partial charge is 0.494 e. The summed E-state index contributed by atoms with van der Waals surface area (Å²) in [4.78, 5) is 18.9. The molecule has 2 aromatic rings. The molecular formula is C18H21N5O2S. The van der Waals surface area contributed by atoms with Crippen LogP contribution >= 0.6 is 12.2 Å². The molecule has 0 amide bonds. The molecule has 0 bridgehead atoms. The highest BCUT2D eigenvalue weighted by Crippen LogP contribution is 2.30. The fourth-order valence-electron chi connectivity index (χ4n) is 3.09. The summed E-state index contributed by atoms with van der Waals surface area (Å²) < 4.78 is 1.55. The molecule has 136 valence electrons. The number of piperidine rings is 1. The molecule has 0 spiro atoms. The summed E-state index contributed by atoms with van der Waals surface area (Å²) in [6.07, 6.45) is 9.68. The minimum Gasteiger partial charge on any atom is -0.494 e. The zero-order valence-corrected chi connectivity index (χ0v) is 15.2. The highest BCUT2D eigenvalue weighted by Gasteiger charge is 2.23. The Morgan fingerprint density at radius 1 is 1.50 bits per heavy atom. The smallest absolute Gasteiger partial charge is 0.264 e. The van der Waals surface area contributed by atoms with Crippen LogP contribution in [-0.4, -0.2) is 37.4 Å². The van der Waals surface area contributed by atoms with Gasteiger partial charge in [-0.15, -0.1) is 6.58 Å². The van der Waals surface area contributed by atoms with Crippen LogP contribution in [0, 0.1) is 4.77 Å². The van der Waals surface area contributed by atoms with Gasteiger partial charge in [0, 0.05) is 25.5 Å². The van der Waals surface area contributed by atoms with E-state index in [0.29, 0.717) is 6.54 Å². The third kappa shape index (κ3) is 3.75. The van der Waals surface area contributed by atoms with E-state index in [4.69, 9.17) is 12.2 Å². The van der Waals surface area contributed by atoms with Crippen LogP contribution in [0.3, 0.4) is 0 Å². The lowest BCUT2D eigenvalue weighted by atomic mass is 9.98. The van der Waals surface area contributed by atoms with Crippen LogP contribution in [0.15, 0.2) is 47.1 Å². The fourth-order valence-corrected chi connectivity index (χ4v) is 3.34. The van der Waals surface area contributed by atoms with E-state index in [2.05, 4.69) is 21.6 Å². The second-order valence-electron chi connectivity index (χ2n) is 6.10. The van der Waals surface area contributed by atoms with Gasteiger partial charge in [0.25, 0.3) is 5.56 Å². The third-order valence-electron chi connectivity index (χ3n) is 4.40. The topological polar surface area (TPSA) is 86.5 Å². The van der Waals surface area contributed by atoms with Gasteiger partial charge < -0.3 is 5.11 Å². The van der Waals surface area contributed by atoms with Crippen molar-refractivity contribution in [2.75, 3.05) is 6.54 Å². The maximum absolute atomic E-state index is 12.2. The number of nitrogens with one attached hydrogen (secondary N) is 1. The Bertz CT molecular complexity index is 919. The number of aromatic nitrogens is 3. The van der Waals surface area contributed by atoms with Crippen LogP contribution in [0.2, 0.25) is 0 Å². The number of rotatable bonds is 5. The predicted molar refractivity (Wildman–Crippen MR) is 103 cm³/mol. The Balaban J connectivity index is 1.93. The van der Waals surface area contributed by atoms with E-state index in [9.17, 15) is 9.90 Å². The molecular weight excluding hydrogens is 350 g/mol.